The van der Waals surface area contributed by atoms with Gasteiger partial charge in [0.2, 0.25) is 16.0 Å². The maximum absolute atomic E-state index is 12.8. The highest BCUT2D eigenvalue weighted by Gasteiger charge is 2.29. The van der Waals surface area contributed by atoms with Crippen LogP contribution in [0.2, 0.25) is 0 Å². The number of nitrogens with one attached hydrogen (secondary N) is 1. The standard InChI is InChI=1S/C19H28N6O2S/c1-3-23-8-5-7-15(23)11-20-17(27)14-6-4-9-24(12-14)19-22-25-16(26)10-13(2)21-18(25)28-19/h10,14-15H,3-9,11-12H2,1-2H3,(H,20,27)/t14-,15-/m0/s1. The number of amides is 1. The van der Waals surface area contributed by atoms with Crippen molar-refractivity contribution < 1.29 is 4.79 Å². The third kappa shape index (κ3) is 3.91. The molecule has 2 aliphatic rings. The van der Waals surface area contributed by atoms with Crippen LogP contribution in [0.5, 0.6) is 0 Å². The lowest BCUT2D eigenvalue weighted by molar-refractivity contribution is -0.125. The van der Waals surface area contributed by atoms with Gasteiger partial charge in [-0.3, -0.25) is 14.5 Å². The maximum Gasteiger partial charge on any atom is 0.275 e. The van der Waals surface area contributed by atoms with Gasteiger partial charge in [-0.1, -0.05) is 18.3 Å². The van der Waals surface area contributed by atoms with Crippen LogP contribution in [0.1, 0.15) is 38.3 Å². The third-order valence-corrected chi connectivity index (χ3v) is 6.81. The number of hydrogen-bond acceptors (Lipinski definition) is 7. The summed E-state index contributed by atoms with van der Waals surface area (Å²) in [5.41, 5.74) is 0.539. The lowest BCUT2D eigenvalue weighted by atomic mass is 9.97. The average Bonchev–Trinajstić information content (AvgIpc) is 3.32. The molecule has 2 aromatic rings. The fourth-order valence-corrected chi connectivity index (χ4v) is 5.30. The second-order valence-electron chi connectivity index (χ2n) is 7.77. The summed E-state index contributed by atoms with van der Waals surface area (Å²) < 4.78 is 1.36. The fraction of sp³-hybridized carbons (Fsp3) is 0.684. The van der Waals surface area contributed by atoms with Crippen molar-refractivity contribution in [3.63, 3.8) is 0 Å². The molecule has 4 rings (SSSR count). The van der Waals surface area contributed by atoms with Gasteiger partial charge in [-0.15, -0.1) is 5.10 Å². The normalized spacial score (nSPS) is 23.4. The van der Waals surface area contributed by atoms with Crippen LogP contribution >= 0.6 is 11.3 Å². The van der Waals surface area contributed by atoms with Crippen LogP contribution in [0.4, 0.5) is 5.13 Å². The Morgan fingerprint density at radius 2 is 2.14 bits per heavy atom. The van der Waals surface area contributed by atoms with E-state index in [1.165, 1.54) is 28.3 Å². The van der Waals surface area contributed by atoms with E-state index in [9.17, 15) is 9.59 Å². The topological polar surface area (TPSA) is 82.8 Å². The molecule has 0 aromatic carbocycles. The number of rotatable bonds is 5. The van der Waals surface area contributed by atoms with Crippen molar-refractivity contribution in [3.05, 3.63) is 22.1 Å². The number of fused-ring (bicyclic) bond motifs is 1. The summed E-state index contributed by atoms with van der Waals surface area (Å²) in [5.74, 6) is 0.101. The molecule has 0 spiro atoms. The minimum Gasteiger partial charge on any atom is -0.354 e. The van der Waals surface area contributed by atoms with Crippen LogP contribution in [0.25, 0.3) is 4.96 Å². The second kappa shape index (κ2) is 8.16. The van der Waals surface area contributed by atoms with Gasteiger partial charge in [-0.25, -0.2) is 4.98 Å². The Balaban J connectivity index is 1.41. The molecule has 2 atom stereocenters. The summed E-state index contributed by atoms with van der Waals surface area (Å²) in [6, 6.07) is 1.96. The molecular weight excluding hydrogens is 376 g/mol. The Kier molecular flexibility index (Phi) is 5.63. The first kappa shape index (κ1) is 19.3. The Morgan fingerprint density at radius 3 is 2.96 bits per heavy atom. The highest BCUT2D eigenvalue weighted by Crippen LogP contribution is 2.27. The molecule has 28 heavy (non-hydrogen) atoms. The van der Waals surface area contributed by atoms with Gasteiger partial charge in [0, 0.05) is 37.4 Å². The van der Waals surface area contributed by atoms with Crippen molar-refractivity contribution in [2.75, 3.05) is 37.6 Å². The van der Waals surface area contributed by atoms with Crippen molar-refractivity contribution in [1.82, 2.24) is 24.8 Å². The second-order valence-corrected chi connectivity index (χ2v) is 8.70. The van der Waals surface area contributed by atoms with E-state index in [2.05, 4.69) is 32.1 Å². The van der Waals surface area contributed by atoms with Gasteiger partial charge in [0.15, 0.2) is 0 Å². The fourth-order valence-electron chi connectivity index (χ4n) is 4.31. The highest BCUT2D eigenvalue weighted by molar-refractivity contribution is 7.20. The average molecular weight is 405 g/mol. The molecular formula is C19H28N6O2S. The van der Waals surface area contributed by atoms with Crippen molar-refractivity contribution in [2.45, 2.75) is 45.6 Å². The molecule has 2 aliphatic heterocycles. The van der Waals surface area contributed by atoms with Gasteiger partial charge in [-0.2, -0.15) is 4.52 Å². The lowest BCUT2D eigenvalue weighted by Gasteiger charge is -2.32. The van der Waals surface area contributed by atoms with Crippen LogP contribution in [-0.2, 0) is 4.79 Å². The van der Waals surface area contributed by atoms with Gasteiger partial charge >= 0.3 is 0 Å². The van der Waals surface area contributed by atoms with Gasteiger partial charge < -0.3 is 10.2 Å². The van der Waals surface area contributed by atoms with Crippen molar-refractivity contribution >= 4 is 27.3 Å². The number of anilines is 1. The number of hydrogen-bond donors (Lipinski definition) is 1. The number of likely N-dealkylation sites (tertiary alicyclic amines) is 1. The number of carbonyl (C=O) groups is 1. The number of aryl methyl sites for hydroxylation is 1. The Morgan fingerprint density at radius 1 is 1.32 bits per heavy atom. The summed E-state index contributed by atoms with van der Waals surface area (Å²) in [6.07, 6.45) is 4.22. The molecule has 1 amide bonds. The van der Waals surface area contributed by atoms with E-state index in [1.807, 2.05) is 6.92 Å². The maximum atomic E-state index is 12.8. The molecule has 9 heteroatoms. The molecule has 2 fully saturated rings. The zero-order valence-electron chi connectivity index (χ0n) is 16.6. The molecule has 2 saturated heterocycles. The summed E-state index contributed by atoms with van der Waals surface area (Å²) in [7, 11) is 0. The smallest absolute Gasteiger partial charge is 0.275 e. The first-order chi connectivity index (χ1) is 13.5. The number of aromatic nitrogens is 3. The molecule has 0 radical (unpaired) electrons. The summed E-state index contributed by atoms with van der Waals surface area (Å²) in [6.45, 7) is 8.40. The minimum atomic E-state index is -0.159. The monoisotopic (exact) mass is 404 g/mol. The summed E-state index contributed by atoms with van der Waals surface area (Å²) in [5, 5.41) is 8.40. The predicted molar refractivity (Wildman–Crippen MR) is 110 cm³/mol. The Bertz CT molecular complexity index is 909. The van der Waals surface area contributed by atoms with Crippen LogP contribution in [-0.4, -0.2) is 64.2 Å². The molecule has 8 nitrogen and oxygen atoms in total. The van der Waals surface area contributed by atoms with Crippen molar-refractivity contribution in [3.8, 4) is 0 Å². The number of likely N-dealkylation sites (N-methyl/N-ethyl adjacent to an activating group) is 1. The number of nitrogens with zero attached hydrogens (tertiary/aromatic N) is 5. The van der Waals surface area contributed by atoms with E-state index >= 15 is 0 Å². The molecule has 152 valence electrons. The van der Waals surface area contributed by atoms with E-state index in [1.54, 1.807) is 0 Å². The molecule has 0 aliphatic carbocycles. The first-order valence-electron chi connectivity index (χ1n) is 10.2. The molecule has 1 N–H and O–H groups in total. The summed E-state index contributed by atoms with van der Waals surface area (Å²) >= 11 is 1.41. The SMILES string of the molecule is CCN1CCC[C@H]1CNC(=O)[C@H]1CCCN(c2nn3c(=O)cc(C)nc3s2)C1. The molecule has 0 saturated carbocycles. The van der Waals surface area contributed by atoms with Gasteiger partial charge in [0.05, 0.1) is 5.92 Å². The third-order valence-electron chi connectivity index (χ3n) is 5.84. The quantitative estimate of drug-likeness (QED) is 0.808. The molecule has 0 bridgehead atoms. The van der Waals surface area contributed by atoms with E-state index in [-0.39, 0.29) is 17.4 Å². The molecule has 0 unspecified atom stereocenters. The Labute approximate surface area is 168 Å². The minimum absolute atomic E-state index is 0.0383. The zero-order valence-corrected chi connectivity index (χ0v) is 17.4. The lowest BCUT2D eigenvalue weighted by Crippen LogP contribution is -2.46. The van der Waals surface area contributed by atoms with E-state index < -0.39 is 0 Å². The van der Waals surface area contributed by atoms with Crippen LogP contribution in [0.15, 0.2) is 10.9 Å². The largest absolute Gasteiger partial charge is 0.354 e. The molecule has 2 aromatic heterocycles. The van der Waals surface area contributed by atoms with Crippen LogP contribution < -0.4 is 15.8 Å². The van der Waals surface area contributed by atoms with E-state index in [4.69, 9.17) is 0 Å². The number of carbonyl (C=O) groups excluding carboxylic acids is 1. The molecule has 4 heterocycles. The number of piperidine rings is 1. The van der Waals surface area contributed by atoms with E-state index in [0.29, 0.717) is 23.2 Å². The van der Waals surface area contributed by atoms with Crippen LogP contribution in [0.3, 0.4) is 0 Å². The van der Waals surface area contributed by atoms with Gasteiger partial charge in [-0.05, 0) is 45.7 Å². The predicted octanol–water partition coefficient (Wildman–Crippen LogP) is 1.28. The van der Waals surface area contributed by atoms with Gasteiger partial charge in [0.25, 0.3) is 5.56 Å². The van der Waals surface area contributed by atoms with Crippen LogP contribution in [0, 0.1) is 12.8 Å². The highest BCUT2D eigenvalue weighted by atomic mass is 32.1. The Hall–Kier alpha value is -2.00. The van der Waals surface area contributed by atoms with Gasteiger partial charge in [0.1, 0.15) is 0 Å². The van der Waals surface area contributed by atoms with Crippen molar-refractivity contribution in [1.29, 1.82) is 0 Å². The zero-order chi connectivity index (χ0) is 19.7. The van der Waals surface area contributed by atoms with E-state index in [0.717, 1.165) is 50.6 Å². The van der Waals surface area contributed by atoms with Crippen molar-refractivity contribution in [2.24, 2.45) is 5.92 Å². The summed E-state index contributed by atoms with van der Waals surface area (Å²) in [4.78, 5) is 34.4. The first-order valence-corrected chi connectivity index (χ1v) is 11.0.